The van der Waals surface area contributed by atoms with Gasteiger partial charge in [0, 0.05) is 40.3 Å². The number of rotatable bonds is 5. The van der Waals surface area contributed by atoms with Gasteiger partial charge in [-0.2, -0.15) is 5.10 Å². The van der Waals surface area contributed by atoms with Crippen molar-refractivity contribution in [2.24, 2.45) is 0 Å². The fraction of sp³-hybridized carbons (Fsp3) is 0.0500. The van der Waals surface area contributed by atoms with E-state index in [4.69, 9.17) is 11.6 Å². The van der Waals surface area contributed by atoms with E-state index in [1.807, 2.05) is 10.6 Å². The smallest absolute Gasteiger partial charge is 0.226 e. The highest BCUT2D eigenvalue weighted by molar-refractivity contribution is 6.31. The van der Waals surface area contributed by atoms with Crippen LogP contribution in [0.4, 0.5) is 4.39 Å². The predicted molar refractivity (Wildman–Crippen MR) is 104 cm³/mol. The van der Waals surface area contributed by atoms with Crippen LogP contribution in [0.3, 0.4) is 0 Å². The monoisotopic (exact) mass is 396 g/mol. The molecule has 4 rings (SSSR count). The van der Waals surface area contributed by atoms with Crippen LogP contribution in [0.1, 0.15) is 21.7 Å². The van der Waals surface area contributed by atoms with E-state index >= 15 is 0 Å². The third kappa shape index (κ3) is 3.52. The standard InChI is InChI=1S/C20H14ClFN4O2/c21-13-3-6-17-15(7-13)16(18(27)8-19(28)20-23-11-24-25-20)10-26(17)9-12-1-4-14(22)5-2-12/h1-8,10-11,27H,9H2,(H,23,24,25)/b18-8-. The van der Waals surface area contributed by atoms with Gasteiger partial charge in [0.05, 0.1) is 0 Å². The number of hydrogen-bond acceptors (Lipinski definition) is 4. The van der Waals surface area contributed by atoms with Gasteiger partial charge in [0.15, 0.2) is 5.82 Å². The van der Waals surface area contributed by atoms with Crippen molar-refractivity contribution in [2.45, 2.75) is 6.54 Å². The van der Waals surface area contributed by atoms with Gasteiger partial charge in [-0.25, -0.2) is 9.37 Å². The Labute approximate surface area is 163 Å². The molecule has 0 spiro atoms. The van der Waals surface area contributed by atoms with Crippen LogP contribution in [0.2, 0.25) is 5.02 Å². The van der Waals surface area contributed by atoms with E-state index in [1.54, 1.807) is 30.5 Å². The van der Waals surface area contributed by atoms with Crippen molar-refractivity contribution in [1.29, 1.82) is 0 Å². The molecule has 0 atom stereocenters. The lowest BCUT2D eigenvalue weighted by molar-refractivity contribution is 0.103. The van der Waals surface area contributed by atoms with Crippen LogP contribution in [-0.2, 0) is 6.54 Å². The van der Waals surface area contributed by atoms with E-state index in [1.165, 1.54) is 18.5 Å². The molecule has 0 bridgehead atoms. The maximum Gasteiger partial charge on any atom is 0.226 e. The summed E-state index contributed by atoms with van der Waals surface area (Å²) in [6.07, 6.45) is 4.02. The first-order valence-corrected chi connectivity index (χ1v) is 8.72. The number of carbonyl (C=O) groups is 1. The molecule has 0 radical (unpaired) electrons. The molecule has 8 heteroatoms. The Kier molecular flexibility index (Phi) is 4.67. The first-order valence-electron chi connectivity index (χ1n) is 8.35. The fourth-order valence-corrected chi connectivity index (χ4v) is 3.16. The minimum absolute atomic E-state index is 0.0274. The Hall–Kier alpha value is -3.45. The number of nitrogens with one attached hydrogen (secondary N) is 1. The largest absolute Gasteiger partial charge is 0.507 e. The SMILES string of the molecule is O=C(/C=C(\O)c1cn(Cc2ccc(F)cc2)c2ccc(Cl)cc12)c1ncn[nH]1. The Morgan fingerprint density at radius 3 is 2.75 bits per heavy atom. The first-order chi connectivity index (χ1) is 13.5. The number of allylic oxidation sites excluding steroid dienone is 1. The van der Waals surface area contributed by atoms with Crippen LogP contribution in [0.15, 0.2) is 61.1 Å². The minimum Gasteiger partial charge on any atom is -0.507 e. The molecular formula is C20H14ClFN4O2. The van der Waals surface area contributed by atoms with Gasteiger partial charge < -0.3 is 9.67 Å². The zero-order chi connectivity index (χ0) is 19.7. The summed E-state index contributed by atoms with van der Waals surface area (Å²) in [4.78, 5) is 16.0. The van der Waals surface area contributed by atoms with Crippen LogP contribution in [0, 0.1) is 5.82 Å². The van der Waals surface area contributed by atoms with Crippen LogP contribution in [0.25, 0.3) is 16.7 Å². The summed E-state index contributed by atoms with van der Waals surface area (Å²) in [7, 11) is 0. The normalized spacial score (nSPS) is 11.9. The van der Waals surface area contributed by atoms with E-state index in [0.717, 1.165) is 17.2 Å². The van der Waals surface area contributed by atoms with Crippen molar-refractivity contribution in [2.75, 3.05) is 0 Å². The highest BCUT2D eigenvalue weighted by Gasteiger charge is 2.15. The molecule has 2 heterocycles. The van der Waals surface area contributed by atoms with E-state index < -0.39 is 5.78 Å². The number of benzene rings is 2. The summed E-state index contributed by atoms with van der Waals surface area (Å²) in [5.41, 5.74) is 2.16. The molecule has 0 aliphatic heterocycles. The molecule has 0 aliphatic carbocycles. The zero-order valence-corrected chi connectivity index (χ0v) is 15.2. The molecule has 28 heavy (non-hydrogen) atoms. The van der Waals surface area contributed by atoms with Crippen molar-refractivity contribution in [3.8, 4) is 0 Å². The van der Waals surface area contributed by atoms with Crippen LogP contribution in [0.5, 0.6) is 0 Å². The second kappa shape index (κ2) is 7.28. The van der Waals surface area contributed by atoms with Crippen LogP contribution < -0.4 is 0 Å². The summed E-state index contributed by atoms with van der Waals surface area (Å²) < 4.78 is 15.1. The minimum atomic E-state index is -0.503. The van der Waals surface area contributed by atoms with Gasteiger partial charge in [-0.1, -0.05) is 23.7 Å². The average Bonchev–Trinajstić information content (AvgIpc) is 3.32. The number of H-pyrrole nitrogens is 1. The molecule has 0 amide bonds. The molecule has 0 saturated heterocycles. The maximum atomic E-state index is 13.2. The highest BCUT2D eigenvalue weighted by atomic mass is 35.5. The van der Waals surface area contributed by atoms with Crippen molar-refractivity contribution in [3.05, 3.63) is 88.9 Å². The quantitative estimate of drug-likeness (QED) is 0.298. The maximum absolute atomic E-state index is 13.2. The molecule has 0 fully saturated rings. The number of halogens is 2. The van der Waals surface area contributed by atoms with Crippen molar-refractivity contribution < 1.29 is 14.3 Å². The second-order valence-electron chi connectivity index (χ2n) is 6.19. The number of aliphatic hydroxyl groups is 1. The third-order valence-electron chi connectivity index (χ3n) is 4.30. The van der Waals surface area contributed by atoms with E-state index in [0.29, 0.717) is 22.5 Å². The van der Waals surface area contributed by atoms with Gasteiger partial charge >= 0.3 is 0 Å². The molecule has 4 aromatic rings. The number of aromatic nitrogens is 4. The molecule has 2 N–H and O–H groups in total. The summed E-state index contributed by atoms with van der Waals surface area (Å²) in [6.45, 7) is 0.460. The lowest BCUT2D eigenvalue weighted by Crippen LogP contribution is -1.99. The second-order valence-corrected chi connectivity index (χ2v) is 6.62. The van der Waals surface area contributed by atoms with E-state index in [-0.39, 0.29) is 17.4 Å². The molecular weight excluding hydrogens is 383 g/mol. The molecule has 2 aromatic heterocycles. The Morgan fingerprint density at radius 1 is 1.25 bits per heavy atom. The average molecular weight is 397 g/mol. The number of nitrogens with zero attached hydrogens (tertiary/aromatic N) is 3. The molecule has 0 unspecified atom stereocenters. The van der Waals surface area contributed by atoms with Gasteiger partial charge in [0.1, 0.15) is 17.9 Å². The summed E-state index contributed by atoms with van der Waals surface area (Å²) in [6, 6.07) is 11.5. The number of hydrogen-bond donors (Lipinski definition) is 2. The van der Waals surface area contributed by atoms with Gasteiger partial charge in [0.2, 0.25) is 5.78 Å². The van der Waals surface area contributed by atoms with E-state index in [9.17, 15) is 14.3 Å². The number of ketones is 1. The first kappa shape index (κ1) is 17.9. The fourth-order valence-electron chi connectivity index (χ4n) is 2.99. The molecule has 6 nitrogen and oxygen atoms in total. The van der Waals surface area contributed by atoms with Crippen molar-refractivity contribution in [3.63, 3.8) is 0 Å². The third-order valence-corrected chi connectivity index (χ3v) is 4.54. The lowest BCUT2D eigenvalue weighted by Gasteiger charge is -2.05. The number of carbonyl (C=O) groups excluding carboxylic acids is 1. The summed E-state index contributed by atoms with van der Waals surface area (Å²) >= 11 is 6.13. The predicted octanol–water partition coefficient (Wildman–Crippen LogP) is 4.38. The van der Waals surface area contributed by atoms with Crippen LogP contribution >= 0.6 is 11.6 Å². The Balaban J connectivity index is 1.76. The Bertz CT molecular complexity index is 1180. The van der Waals surface area contributed by atoms with E-state index in [2.05, 4.69) is 15.2 Å². The number of aromatic amines is 1. The zero-order valence-electron chi connectivity index (χ0n) is 14.4. The van der Waals surface area contributed by atoms with Gasteiger partial charge in [-0.3, -0.25) is 9.89 Å². The molecule has 2 aromatic carbocycles. The van der Waals surface area contributed by atoms with Crippen molar-refractivity contribution >= 4 is 34.0 Å². The summed E-state index contributed by atoms with van der Waals surface area (Å²) in [5.74, 6) is -0.997. The molecule has 0 saturated carbocycles. The Morgan fingerprint density at radius 2 is 2.04 bits per heavy atom. The molecule has 0 aliphatic rings. The van der Waals surface area contributed by atoms with Gasteiger partial charge in [-0.05, 0) is 35.9 Å². The van der Waals surface area contributed by atoms with Crippen LogP contribution in [-0.4, -0.2) is 30.6 Å². The highest BCUT2D eigenvalue weighted by Crippen LogP contribution is 2.29. The topological polar surface area (TPSA) is 83.8 Å². The lowest BCUT2D eigenvalue weighted by atomic mass is 10.1. The van der Waals surface area contributed by atoms with Gasteiger partial charge in [-0.15, -0.1) is 0 Å². The molecule has 140 valence electrons. The number of aliphatic hydroxyl groups excluding tert-OH is 1. The summed E-state index contributed by atoms with van der Waals surface area (Å²) in [5, 5.41) is 17.8. The van der Waals surface area contributed by atoms with Gasteiger partial charge in [0.25, 0.3) is 0 Å². The number of fused-ring (bicyclic) bond motifs is 1. The van der Waals surface area contributed by atoms with Crippen molar-refractivity contribution in [1.82, 2.24) is 19.7 Å².